The van der Waals surface area contributed by atoms with E-state index in [1.165, 1.54) is 7.05 Å². The van der Waals surface area contributed by atoms with Crippen molar-refractivity contribution in [1.29, 1.82) is 0 Å². The zero-order chi connectivity index (χ0) is 9.56. The van der Waals surface area contributed by atoms with Crippen molar-refractivity contribution in [1.82, 2.24) is 15.9 Å². The Bertz CT molecular complexity index is 174. The van der Waals surface area contributed by atoms with Crippen molar-refractivity contribution in [2.45, 2.75) is 0 Å². The van der Waals surface area contributed by atoms with Crippen molar-refractivity contribution in [3.05, 3.63) is 0 Å². The minimum absolute atomic E-state index is 0.118. The molecule has 6 nitrogen and oxygen atoms in total. The van der Waals surface area contributed by atoms with Crippen molar-refractivity contribution in [2.75, 3.05) is 13.7 Å². The van der Waals surface area contributed by atoms with E-state index in [0.29, 0.717) is 5.31 Å². The SMILES string of the molecule is [2H]NC(=O)NCNC(=O)N([2H])C. The molecule has 0 aromatic heterocycles. The third-order valence-electron chi connectivity index (χ3n) is 0.692. The molecule has 0 saturated heterocycles. The van der Waals surface area contributed by atoms with Gasteiger partial charge in [0.2, 0.25) is 0 Å². The summed E-state index contributed by atoms with van der Waals surface area (Å²) in [7, 11) is 1.25. The summed E-state index contributed by atoms with van der Waals surface area (Å²) in [5.41, 5.74) is 1.56. The first-order chi connectivity index (χ1) is 5.57. The number of nitrogens with two attached hydrogens (primary N) is 1. The van der Waals surface area contributed by atoms with Gasteiger partial charge in [-0.1, -0.05) is 0 Å². The van der Waals surface area contributed by atoms with Crippen LogP contribution in [0.5, 0.6) is 0 Å². The zero-order valence-corrected chi connectivity index (χ0v) is 5.47. The summed E-state index contributed by atoms with van der Waals surface area (Å²) in [6, 6.07) is -1.36. The highest BCUT2D eigenvalue weighted by Gasteiger charge is 1.93. The van der Waals surface area contributed by atoms with Crippen LogP contribution in [-0.4, -0.2) is 25.8 Å². The predicted molar refractivity (Wildman–Crippen MR) is 35.2 cm³/mol. The average molecular weight is 148 g/mol. The fourth-order valence-electron chi connectivity index (χ4n) is 0.279. The molecule has 0 aromatic rings. The molecule has 0 atom stereocenters. The van der Waals surface area contributed by atoms with E-state index in [-0.39, 0.29) is 6.67 Å². The van der Waals surface area contributed by atoms with Gasteiger partial charge in [-0.2, -0.15) is 0 Å². The normalized spacial score (nSPS) is 10.5. The maximum atomic E-state index is 10.6. The van der Waals surface area contributed by atoms with E-state index in [2.05, 4.69) is 10.6 Å². The maximum Gasteiger partial charge on any atom is 0.315 e. The Morgan fingerprint density at radius 2 is 2.40 bits per heavy atom. The quantitative estimate of drug-likeness (QED) is 0.360. The smallest absolute Gasteiger partial charge is 0.315 e. The topological polar surface area (TPSA) is 96.2 Å². The number of carbonyl (C=O) groups is 2. The minimum atomic E-state index is -0.720. The standard InChI is InChI=1S/C4H10N4O2/c1-6-4(10)8-2-7-3(5)9/h2H2,1H3,(H3,5,7,9)(H2,6,8,10)/i/hD2. The summed E-state index contributed by atoms with van der Waals surface area (Å²) in [5, 5.41) is 4.91. The molecule has 0 aliphatic heterocycles. The van der Waals surface area contributed by atoms with Crippen LogP contribution in [0, 0.1) is 0 Å². The molecule has 0 saturated carbocycles. The predicted octanol–water partition coefficient (Wildman–Crippen LogP) is -1.46. The molecule has 0 bridgehead atoms. The van der Waals surface area contributed by atoms with Gasteiger partial charge in [-0.05, 0) is 0 Å². The van der Waals surface area contributed by atoms with Crippen LogP contribution >= 0.6 is 0 Å². The number of rotatable bonds is 2. The number of hydrogen-bond donors (Lipinski definition) is 4. The second-order valence-electron chi connectivity index (χ2n) is 1.39. The fourth-order valence-corrected chi connectivity index (χ4v) is 0.279. The van der Waals surface area contributed by atoms with Gasteiger partial charge in [0.1, 0.15) is 0 Å². The van der Waals surface area contributed by atoms with Crippen LogP contribution in [0.1, 0.15) is 0 Å². The maximum absolute atomic E-state index is 10.6. The molecule has 0 aliphatic carbocycles. The van der Waals surface area contributed by atoms with Gasteiger partial charge in [0.05, 0.1) is 6.67 Å². The van der Waals surface area contributed by atoms with Crippen molar-refractivity contribution >= 4 is 12.1 Å². The molecule has 0 spiro atoms. The second-order valence-corrected chi connectivity index (χ2v) is 1.39. The molecule has 5 N–H and O–H groups in total. The molecule has 0 aromatic carbocycles. The van der Waals surface area contributed by atoms with E-state index >= 15 is 0 Å². The van der Waals surface area contributed by atoms with Gasteiger partial charge in [0.15, 0.2) is 2.82 Å². The lowest BCUT2D eigenvalue weighted by Gasteiger charge is -2.02. The van der Waals surface area contributed by atoms with Crippen molar-refractivity contribution in [2.24, 2.45) is 5.73 Å². The highest BCUT2D eigenvalue weighted by molar-refractivity contribution is 5.75. The van der Waals surface area contributed by atoms with Crippen LogP contribution < -0.4 is 21.7 Å². The van der Waals surface area contributed by atoms with Crippen LogP contribution in [0.3, 0.4) is 0 Å². The van der Waals surface area contributed by atoms with E-state index in [9.17, 15) is 9.59 Å². The first-order valence-corrected chi connectivity index (χ1v) is 2.54. The van der Waals surface area contributed by atoms with Crippen LogP contribution in [0.15, 0.2) is 0 Å². The lowest BCUT2D eigenvalue weighted by Crippen LogP contribution is -2.43. The van der Waals surface area contributed by atoms with Crippen molar-refractivity contribution < 1.29 is 12.4 Å². The average Bonchev–Trinajstić information content (AvgIpc) is 2.03. The molecule has 6 heteroatoms. The van der Waals surface area contributed by atoms with Gasteiger partial charge in [-0.15, -0.1) is 0 Å². The molecule has 0 fully saturated rings. The molecule has 0 rings (SSSR count). The van der Waals surface area contributed by atoms with E-state index in [1.807, 2.05) is 0 Å². The Kier molecular flexibility index (Phi) is 2.36. The number of hydrogen-bond acceptors (Lipinski definition) is 2. The van der Waals surface area contributed by atoms with Crippen LogP contribution in [-0.2, 0) is 0 Å². The van der Waals surface area contributed by atoms with E-state index in [0.717, 1.165) is 0 Å². The number of urea groups is 2. The highest BCUT2D eigenvalue weighted by atomic mass is 16.2. The molecular weight excluding hydrogens is 136 g/mol. The summed E-state index contributed by atoms with van der Waals surface area (Å²) >= 11 is 0. The molecular formula is C4H10N4O2. The van der Waals surface area contributed by atoms with Gasteiger partial charge in [0, 0.05) is 7.05 Å². The van der Waals surface area contributed by atoms with E-state index in [1.54, 1.807) is 5.73 Å². The molecule has 10 heavy (non-hydrogen) atoms. The first-order valence-electron chi connectivity index (χ1n) is 3.48. The van der Waals surface area contributed by atoms with E-state index < -0.39 is 12.1 Å². The van der Waals surface area contributed by atoms with Gasteiger partial charge in [-0.25, -0.2) is 9.59 Å². The second kappa shape index (κ2) is 4.42. The van der Waals surface area contributed by atoms with Crippen LogP contribution in [0.25, 0.3) is 0 Å². The Morgan fingerprint density at radius 3 is 2.90 bits per heavy atom. The first kappa shape index (κ1) is 5.33. The molecule has 58 valence electrons. The third kappa shape index (κ3) is 4.69. The van der Waals surface area contributed by atoms with Crippen LogP contribution in [0.4, 0.5) is 9.59 Å². The minimum Gasteiger partial charge on any atom is -0.352 e. The molecule has 0 aliphatic rings. The molecule has 4 amide bonds. The van der Waals surface area contributed by atoms with Gasteiger partial charge in [0.25, 0.3) is 0 Å². The van der Waals surface area contributed by atoms with Crippen molar-refractivity contribution in [3.8, 4) is 0 Å². The monoisotopic (exact) mass is 148 g/mol. The summed E-state index contributed by atoms with van der Waals surface area (Å²) < 4.78 is 13.1. The molecule has 0 radical (unpaired) electrons. The van der Waals surface area contributed by atoms with Crippen molar-refractivity contribution in [3.63, 3.8) is 0 Å². The van der Waals surface area contributed by atoms with Gasteiger partial charge in [-0.3, -0.25) is 0 Å². The Labute approximate surface area is 61.1 Å². The van der Waals surface area contributed by atoms with Gasteiger partial charge >= 0.3 is 12.1 Å². The Hall–Kier alpha value is -1.46. The lowest BCUT2D eigenvalue weighted by molar-refractivity contribution is 0.239. The largest absolute Gasteiger partial charge is 0.352 e. The zero-order valence-electron chi connectivity index (χ0n) is 7.47. The summed E-state index contributed by atoms with van der Waals surface area (Å²) in [5.74, 6) is 0. The number of primary amides is 1. The molecule has 0 heterocycles. The molecule has 0 unspecified atom stereocenters. The number of amides is 4. The third-order valence-corrected chi connectivity index (χ3v) is 0.692. The Balaban J connectivity index is 3.44. The summed E-state index contributed by atoms with van der Waals surface area (Å²) in [6.07, 6.45) is 0. The van der Waals surface area contributed by atoms with Gasteiger partial charge < -0.3 is 21.7 Å². The highest BCUT2D eigenvalue weighted by Crippen LogP contribution is 1.57. The van der Waals surface area contributed by atoms with Crippen LogP contribution in [0.2, 0.25) is 2.82 Å². The van der Waals surface area contributed by atoms with E-state index in [4.69, 9.17) is 2.82 Å². The Morgan fingerprint density at radius 1 is 1.70 bits per heavy atom. The fraction of sp³-hybridized carbons (Fsp3) is 0.500. The number of nitrogens with one attached hydrogen (secondary N) is 3. The lowest BCUT2D eigenvalue weighted by atomic mass is 10.8. The summed E-state index contributed by atoms with van der Waals surface area (Å²) in [6.45, 7) is -0.118. The summed E-state index contributed by atoms with van der Waals surface area (Å²) in [4.78, 5) is 21.0. The number of carbonyl (C=O) groups excluding carboxylic acids is 2.